The van der Waals surface area contributed by atoms with E-state index in [9.17, 15) is 44.3 Å². The number of anilines is 1. The molecule has 0 fully saturated rings. The zero-order valence-electron chi connectivity index (χ0n) is 40.7. The normalized spacial score (nSPS) is 10.5. The lowest BCUT2D eigenvalue weighted by molar-refractivity contribution is -0.385. The van der Waals surface area contributed by atoms with Crippen LogP contribution in [0, 0.1) is 10.1 Å². The number of nitrogens with two attached hydrogens (primary N) is 1. The van der Waals surface area contributed by atoms with Gasteiger partial charge in [-0.2, -0.15) is 0 Å². The fourth-order valence-electron chi connectivity index (χ4n) is 7.22. The van der Waals surface area contributed by atoms with Crippen LogP contribution in [-0.2, 0) is 20.9 Å². The first-order valence-electron chi connectivity index (χ1n) is 24.2. The van der Waals surface area contributed by atoms with Crippen LogP contribution in [0.5, 0.6) is 17.2 Å². The number of nitrogen functional groups attached to an aromatic ring is 1. The number of carbonyl (C=O) groups is 5. The molecule has 5 rings (SSSR count). The first-order chi connectivity index (χ1) is 34.8. The highest BCUT2D eigenvalue weighted by Gasteiger charge is 2.22. The molecule has 0 aromatic heterocycles. The maximum atomic E-state index is 12.8. The molecule has 0 aliphatic heterocycles. The first kappa shape index (κ1) is 56.6. The number of aromatic carboxylic acids is 2. The summed E-state index contributed by atoms with van der Waals surface area (Å²) in [4.78, 5) is 70.3. The van der Waals surface area contributed by atoms with Gasteiger partial charge in [-0.3, -0.25) is 10.1 Å². The molecule has 16 heteroatoms. The minimum atomic E-state index is -1.42. The molecule has 0 bridgehead atoms. The van der Waals surface area contributed by atoms with Crippen molar-refractivity contribution in [3.8, 4) is 28.4 Å². The van der Waals surface area contributed by atoms with Crippen molar-refractivity contribution in [2.24, 2.45) is 0 Å². The Labute approximate surface area is 419 Å². The van der Waals surface area contributed by atoms with Gasteiger partial charge in [-0.1, -0.05) is 127 Å². The second kappa shape index (κ2) is 31.3. The van der Waals surface area contributed by atoms with Gasteiger partial charge in [0.2, 0.25) is 0 Å². The second-order valence-corrected chi connectivity index (χ2v) is 16.7. The van der Waals surface area contributed by atoms with Crippen molar-refractivity contribution in [3.05, 3.63) is 160 Å². The number of ether oxygens (including phenoxy) is 5. The van der Waals surface area contributed by atoms with Gasteiger partial charge in [0.25, 0.3) is 0 Å². The van der Waals surface area contributed by atoms with E-state index in [0.29, 0.717) is 29.9 Å². The predicted octanol–water partition coefficient (Wildman–Crippen LogP) is 12.5. The summed E-state index contributed by atoms with van der Waals surface area (Å²) < 4.78 is 26.9. The number of nitro benzene ring substituents is 1. The number of nitrogens with zero attached hydrogens (tertiary/aromatic N) is 1. The molecular weight excluding hydrogens is 925 g/mol. The van der Waals surface area contributed by atoms with E-state index in [1.165, 1.54) is 93.1 Å². The van der Waals surface area contributed by atoms with Gasteiger partial charge in [0.15, 0.2) is 5.75 Å². The number of esters is 3. The van der Waals surface area contributed by atoms with Gasteiger partial charge in [0.1, 0.15) is 18.1 Å². The Kier molecular flexibility index (Phi) is 24.6. The van der Waals surface area contributed by atoms with Crippen LogP contribution in [0.2, 0.25) is 0 Å². The van der Waals surface area contributed by atoms with E-state index in [4.69, 9.17) is 29.4 Å². The molecule has 5 aromatic carbocycles. The van der Waals surface area contributed by atoms with Gasteiger partial charge in [-0.15, -0.1) is 0 Å². The van der Waals surface area contributed by atoms with Crippen molar-refractivity contribution in [3.63, 3.8) is 0 Å². The Morgan fingerprint density at radius 3 is 1.78 bits per heavy atom. The lowest BCUT2D eigenvalue weighted by Crippen LogP contribution is -2.13. The molecule has 72 heavy (non-hydrogen) atoms. The minimum absolute atomic E-state index is 0.104. The molecule has 16 nitrogen and oxygen atoms in total. The summed E-state index contributed by atoms with van der Waals surface area (Å²) in [6, 6.07) is 28.0. The molecular formula is C56H64N2O14. The highest BCUT2D eigenvalue weighted by molar-refractivity contribution is 6.04. The third kappa shape index (κ3) is 19.8. The first-order valence-corrected chi connectivity index (χ1v) is 24.2. The summed E-state index contributed by atoms with van der Waals surface area (Å²) in [5.74, 6) is -3.51. The van der Waals surface area contributed by atoms with Crippen molar-refractivity contribution in [2.45, 2.75) is 103 Å². The highest BCUT2D eigenvalue weighted by Crippen LogP contribution is 2.37. The molecule has 0 saturated heterocycles. The Hall–Kier alpha value is -8.01. The maximum Gasteiger partial charge on any atom is 0.343 e. The number of benzene rings is 5. The molecule has 0 unspecified atom stereocenters. The smallest absolute Gasteiger partial charge is 0.343 e. The summed E-state index contributed by atoms with van der Waals surface area (Å²) in [6.07, 6.45) is 17.0. The van der Waals surface area contributed by atoms with Crippen LogP contribution >= 0.6 is 0 Å². The summed E-state index contributed by atoms with van der Waals surface area (Å²) >= 11 is 0. The van der Waals surface area contributed by atoms with E-state index < -0.39 is 39.9 Å². The summed E-state index contributed by atoms with van der Waals surface area (Å²) in [5.41, 5.74) is 6.91. The van der Waals surface area contributed by atoms with Gasteiger partial charge in [0, 0.05) is 29.5 Å². The quantitative estimate of drug-likeness (QED) is 0.00737. The standard InChI is InChI=1S/C37H36N2O11.C19H28O3/c1-2-3-4-5-6-7-18-48-33-21-31(38)29(20-32(33)39(46)47)24-10-12-25(13-11-24)36(44)50-27-15-8-23(9-16-27)22-49-37(45)30-19-26(34(40)41)14-17-28(30)35(42)43;1-2-19(20)22-17-13-8-6-4-3-5-7-12-16-21-18-14-10-9-11-15-18/h8-17,19-21H,2-7,18,22,38H2,1H3,(H,40,41)(H,42,43);2,9-11,14-15H,1,3-8,12-13,16-17H2. The number of carbonyl (C=O) groups excluding carboxylic acids is 3. The van der Waals surface area contributed by atoms with Gasteiger partial charge in [-0.25, -0.2) is 24.0 Å². The number of rotatable bonds is 30. The monoisotopic (exact) mass is 988 g/mol. The van der Waals surface area contributed by atoms with E-state index in [2.05, 4.69) is 13.5 Å². The molecule has 4 N–H and O–H groups in total. The summed E-state index contributed by atoms with van der Waals surface area (Å²) in [7, 11) is 0. The average molecular weight is 989 g/mol. The Bertz CT molecular complexity index is 2540. The number of para-hydroxylation sites is 1. The van der Waals surface area contributed by atoms with Gasteiger partial charge in [0.05, 0.1) is 47.0 Å². The predicted molar refractivity (Wildman–Crippen MR) is 273 cm³/mol. The Balaban J connectivity index is 0.000000427. The van der Waals surface area contributed by atoms with Crippen LogP contribution in [0.15, 0.2) is 122 Å². The van der Waals surface area contributed by atoms with E-state index >= 15 is 0 Å². The van der Waals surface area contributed by atoms with Crippen molar-refractivity contribution in [1.82, 2.24) is 0 Å². The molecule has 0 heterocycles. The second-order valence-electron chi connectivity index (χ2n) is 16.7. The Morgan fingerprint density at radius 2 is 1.19 bits per heavy atom. The molecule has 382 valence electrons. The number of carboxylic acids is 2. The molecule has 0 atom stereocenters. The topological polar surface area (TPSA) is 241 Å². The number of hydrogen-bond acceptors (Lipinski definition) is 13. The molecule has 0 saturated carbocycles. The number of carboxylic acid groups (broad SMARTS) is 2. The minimum Gasteiger partial charge on any atom is -0.494 e. The van der Waals surface area contributed by atoms with E-state index in [-0.39, 0.29) is 46.6 Å². The maximum absolute atomic E-state index is 12.8. The van der Waals surface area contributed by atoms with Crippen LogP contribution in [0.25, 0.3) is 11.1 Å². The van der Waals surface area contributed by atoms with Gasteiger partial charge < -0.3 is 39.6 Å². The average Bonchev–Trinajstić information content (AvgIpc) is 3.38. The zero-order chi connectivity index (χ0) is 52.1. The third-order valence-electron chi connectivity index (χ3n) is 11.2. The van der Waals surface area contributed by atoms with E-state index in [1.807, 2.05) is 30.3 Å². The zero-order valence-corrected chi connectivity index (χ0v) is 40.7. The third-order valence-corrected chi connectivity index (χ3v) is 11.2. The lowest BCUT2D eigenvalue weighted by atomic mass is 10.0. The molecule has 0 aliphatic carbocycles. The molecule has 5 aromatic rings. The number of unbranched alkanes of at least 4 members (excludes halogenated alkanes) is 12. The fraction of sp³-hybridized carbons (Fsp3) is 0.339. The SMILES string of the molecule is C=CC(=O)OCCCCCCCCCCOc1ccccc1.CCCCCCCCOc1cc(N)c(-c2ccc(C(=O)Oc3ccc(COC(=O)c4cc(C(=O)O)ccc4C(=O)O)cc3)cc2)cc1[N+](=O)[O-]. The summed E-state index contributed by atoms with van der Waals surface area (Å²) in [6.45, 7) is 6.91. The van der Waals surface area contributed by atoms with Crippen molar-refractivity contribution in [1.29, 1.82) is 0 Å². The molecule has 0 spiro atoms. The molecule has 0 aliphatic rings. The van der Waals surface area contributed by atoms with Crippen LogP contribution in [0.1, 0.15) is 144 Å². The summed E-state index contributed by atoms with van der Waals surface area (Å²) in [5, 5.41) is 30.3. The van der Waals surface area contributed by atoms with E-state index in [1.54, 1.807) is 12.1 Å². The van der Waals surface area contributed by atoms with Crippen LogP contribution in [0.3, 0.4) is 0 Å². The van der Waals surface area contributed by atoms with Crippen molar-refractivity contribution in [2.75, 3.05) is 25.6 Å². The van der Waals surface area contributed by atoms with Gasteiger partial charge >= 0.3 is 35.5 Å². The highest BCUT2D eigenvalue weighted by atomic mass is 16.6. The van der Waals surface area contributed by atoms with Crippen LogP contribution < -0.4 is 19.9 Å². The Morgan fingerprint density at radius 1 is 0.611 bits per heavy atom. The van der Waals surface area contributed by atoms with E-state index in [0.717, 1.165) is 81.9 Å². The van der Waals surface area contributed by atoms with Crippen LogP contribution in [0.4, 0.5) is 11.4 Å². The fourth-order valence-corrected chi connectivity index (χ4v) is 7.22. The van der Waals surface area contributed by atoms with Crippen molar-refractivity contribution >= 4 is 41.2 Å². The molecule has 0 radical (unpaired) electrons. The van der Waals surface area contributed by atoms with Crippen LogP contribution in [-0.4, -0.2) is 64.8 Å². The lowest BCUT2D eigenvalue weighted by Gasteiger charge is -2.12. The number of hydrogen-bond donors (Lipinski definition) is 3. The van der Waals surface area contributed by atoms with Gasteiger partial charge in [-0.05, 0) is 85.0 Å². The largest absolute Gasteiger partial charge is 0.494 e. The van der Waals surface area contributed by atoms with Crippen molar-refractivity contribution < 1.29 is 62.8 Å². The number of nitro groups is 1. The molecule has 0 amide bonds.